The summed E-state index contributed by atoms with van der Waals surface area (Å²) in [6.45, 7) is 3.21. The molecule has 0 aromatic carbocycles. The van der Waals surface area contributed by atoms with Crippen molar-refractivity contribution in [3.63, 3.8) is 0 Å². The van der Waals surface area contributed by atoms with Crippen LogP contribution < -0.4 is 0 Å². The number of nitrogens with one attached hydrogen (secondary N) is 1. The van der Waals surface area contributed by atoms with Gasteiger partial charge in [0.15, 0.2) is 5.78 Å². The zero-order chi connectivity index (χ0) is 18.9. The molecule has 0 saturated carbocycles. The minimum Gasteiger partial charge on any atom is -0.334 e. The third-order valence-electron chi connectivity index (χ3n) is 4.01. The maximum atomic E-state index is 13.8. The Balaban J connectivity index is 2.76. The molecule has 1 aliphatic heterocycles. The van der Waals surface area contributed by atoms with Crippen molar-refractivity contribution < 1.29 is 9.18 Å². The lowest BCUT2D eigenvalue weighted by Crippen LogP contribution is -2.47. The minimum absolute atomic E-state index is 0.0582. The predicted octanol–water partition coefficient (Wildman–Crippen LogP) is 4.56. The van der Waals surface area contributed by atoms with Crippen LogP contribution in [0.2, 0.25) is 0 Å². The van der Waals surface area contributed by atoms with Gasteiger partial charge in [-0.25, -0.2) is 4.39 Å². The van der Waals surface area contributed by atoms with Gasteiger partial charge in [-0.05, 0) is 19.9 Å². The van der Waals surface area contributed by atoms with E-state index in [2.05, 4.69) is 0 Å². The molecular formula is C17H15Cl3FN3O. The lowest BCUT2D eigenvalue weighted by molar-refractivity contribution is -0.112. The maximum Gasteiger partial charge on any atom is 0.186 e. The number of halogens is 4. The summed E-state index contributed by atoms with van der Waals surface area (Å²) in [4.78, 5) is 14.0. The standard InChI is InChI=1S/C17H15Cl3FN3O/c1-8-3-14(25)15(9(2)18)17(13(20)7-23)24(8)16-10(6-22)4-11(21)5-12(16)19/h3,5,7,11,13,17,23H,4H2,1-2H3/b15-9+,23-7?. The highest BCUT2D eigenvalue weighted by molar-refractivity contribution is 6.34. The summed E-state index contributed by atoms with van der Waals surface area (Å²) < 4.78 is 13.8. The van der Waals surface area contributed by atoms with Crippen LogP contribution in [0.1, 0.15) is 20.3 Å². The number of hydrogen-bond donors (Lipinski definition) is 1. The quantitative estimate of drug-likeness (QED) is 0.427. The van der Waals surface area contributed by atoms with E-state index in [1.807, 2.05) is 6.07 Å². The molecule has 0 aromatic rings. The summed E-state index contributed by atoms with van der Waals surface area (Å²) in [6, 6.07) is 1.15. The van der Waals surface area contributed by atoms with E-state index in [-0.39, 0.29) is 39.1 Å². The minimum atomic E-state index is -1.36. The van der Waals surface area contributed by atoms with Gasteiger partial charge in [0.2, 0.25) is 0 Å². The first kappa shape index (κ1) is 19.7. The number of nitrogens with zero attached hydrogens (tertiary/aromatic N) is 2. The summed E-state index contributed by atoms with van der Waals surface area (Å²) in [5, 5.41) is 16.3. The van der Waals surface area contributed by atoms with E-state index in [0.717, 1.165) is 6.21 Å². The van der Waals surface area contributed by atoms with Crippen LogP contribution in [-0.4, -0.2) is 34.5 Å². The van der Waals surface area contributed by atoms with Gasteiger partial charge in [0.05, 0.1) is 33.8 Å². The Bertz CT molecular complexity index is 787. The van der Waals surface area contributed by atoms with Gasteiger partial charge in [0.25, 0.3) is 0 Å². The molecule has 0 fully saturated rings. The van der Waals surface area contributed by atoms with Crippen molar-refractivity contribution in [1.82, 2.24) is 4.90 Å². The lowest BCUT2D eigenvalue weighted by Gasteiger charge is -2.42. The number of nitriles is 1. The van der Waals surface area contributed by atoms with E-state index >= 15 is 0 Å². The number of alkyl halides is 2. The van der Waals surface area contributed by atoms with Gasteiger partial charge in [-0.3, -0.25) is 4.79 Å². The summed E-state index contributed by atoms with van der Waals surface area (Å²) in [5.41, 5.74) is 1.13. The number of hydrogen-bond acceptors (Lipinski definition) is 4. The van der Waals surface area contributed by atoms with Crippen LogP contribution in [0.4, 0.5) is 4.39 Å². The summed E-state index contributed by atoms with van der Waals surface area (Å²) >= 11 is 18.6. The SMILES string of the molecule is CC1=CC(=O)/C(=C(/C)Cl)C(C(Cl)C=N)N1C1=C(C#N)CC(F)C=C1Cl. The molecule has 3 unspecified atom stereocenters. The molecule has 0 spiro atoms. The van der Waals surface area contributed by atoms with Crippen molar-refractivity contribution in [2.24, 2.45) is 0 Å². The molecule has 0 saturated heterocycles. The third kappa shape index (κ3) is 3.67. The topological polar surface area (TPSA) is 68.0 Å². The van der Waals surface area contributed by atoms with Crippen LogP contribution in [0.3, 0.4) is 0 Å². The average molecular weight is 403 g/mol. The van der Waals surface area contributed by atoms with Crippen LogP contribution in [0, 0.1) is 16.7 Å². The van der Waals surface area contributed by atoms with Gasteiger partial charge in [-0.1, -0.05) is 23.2 Å². The Morgan fingerprint density at radius 1 is 1.60 bits per heavy atom. The number of allylic oxidation sites excluding steroid dienone is 6. The molecule has 0 aromatic heterocycles. The molecule has 1 N–H and O–H groups in total. The summed E-state index contributed by atoms with van der Waals surface area (Å²) in [7, 11) is 0. The fourth-order valence-corrected chi connectivity index (χ4v) is 3.79. The predicted molar refractivity (Wildman–Crippen MR) is 97.5 cm³/mol. The van der Waals surface area contributed by atoms with E-state index in [0.29, 0.717) is 5.70 Å². The Labute approximate surface area is 160 Å². The monoisotopic (exact) mass is 401 g/mol. The average Bonchev–Trinajstić information content (AvgIpc) is 2.53. The van der Waals surface area contributed by atoms with Gasteiger partial charge in [-0.2, -0.15) is 5.26 Å². The highest BCUT2D eigenvalue weighted by Crippen LogP contribution is 2.40. The second-order valence-corrected chi connectivity index (χ2v) is 7.17. The molecule has 8 heteroatoms. The van der Waals surface area contributed by atoms with Crippen LogP contribution in [-0.2, 0) is 4.79 Å². The molecule has 3 atom stereocenters. The highest BCUT2D eigenvalue weighted by atomic mass is 35.5. The molecule has 1 aliphatic carbocycles. The molecular weight excluding hydrogens is 388 g/mol. The summed E-state index contributed by atoms with van der Waals surface area (Å²) in [6.07, 6.45) is 2.07. The van der Waals surface area contributed by atoms with Crippen molar-refractivity contribution in [2.75, 3.05) is 0 Å². The molecule has 0 amide bonds. The molecule has 1 heterocycles. The fourth-order valence-electron chi connectivity index (χ4n) is 3.00. The summed E-state index contributed by atoms with van der Waals surface area (Å²) in [5.74, 6) is -0.322. The van der Waals surface area contributed by atoms with Crippen molar-refractivity contribution >= 4 is 46.8 Å². The number of ketones is 1. The fraction of sp³-hybridized carbons (Fsp3) is 0.353. The normalized spacial score (nSPS) is 27.4. The molecule has 4 nitrogen and oxygen atoms in total. The van der Waals surface area contributed by atoms with Crippen LogP contribution in [0.5, 0.6) is 0 Å². The van der Waals surface area contributed by atoms with Crippen LogP contribution in [0.25, 0.3) is 0 Å². The van der Waals surface area contributed by atoms with Crippen molar-refractivity contribution in [2.45, 2.75) is 37.9 Å². The molecule has 2 aliphatic rings. The first-order valence-electron chi connectivity index (χ1n) is 7.40. The number of rotatable bonds is 3. The van der Waals surface area contributed by atoms with E-state index in [1.165, 1.54) is 12.2 Å². The second-order valence-electron chi connectivity index (χ2n) is 5.70. The van der Waals surface area contributed by atoms with Crippen molar-refractivity contribution in [3.05, 3.63) is 44.8 Å². The van der Waals surface area contributed by atoms with Gasteiger partial charge in [0, 0.05) is 35.0 Å². The van der Waals surface area contributed by atoms with E-state index in [1.54, 1.807) is 18.7 Å². The van der Waals surface area contributed by atoms with Crippen LogP contribution >= 0.6 is 34.8 Å². The molecule has 0 bridgehead atoms. The molecule has 2 rings (SSSR count). The Morgan fingerprint density at radius 2 is 2.24 bits per heavy atom. The largest absolute Gasteiger partial charge is 0.334 e. The van der Waals surface area contributed by atoms with E-state index in [4.69, 9.17) is 40.2 Å². The first-order valence-corrected chi connectivity index (χ1v) is 8.60. The third-order valence-corrected chi connectivity index (χ3v) is 4.88. The van der Waals surface area contributed by atoms with Crippen LogP contribution in [0.15, 0.2) is 44.8 Å². The highest BCUT2D eigenvalue weighted by Gasteiger charge is 2.40. The van der Waals surface area contributed by atoms with Gasteiger partial charge >= 0.3 is 0 Å². The molecule has 25 heavy (non-hydrogen) atoms. The Kier molecular flexibility index (Phi) is 6.10. The molecule has 0 radical (unpaired) electrons. The molecule has 132 valence electrons. The number of carbonyl (C=O) groups excluding carboxylic acids is 1. The van der Waals surface area contributed by atoms with Crippen molar-refractivity contribution in [1.29, 1.82) is 10.7 Å². The van der Waals surface area contributed by atoms with E-state index in [9.17, 15) is 14.4 Å². The first-order chi connectivity index (χ1) is 11.7. The van der Waals surface area contributed by atoms with Gasteiger partial charge < -0.3 is 10.3 Å². The smallest absolute Gasteiger partial charge is 0.186 e. The Hall–Kier alpha value is -1.61. The van der Waals surface area contributed by atoms with Crippen molar-refractivity contribution in [3.8, 4) is 6.07 Å². The van der Waals surface area contributed by atoms with Gasteiger partial charge in [-0.15, -0.1) is 11.6 Å². The zero-order valence-corrected chi connectivity index (χ0v) is 15.8. The van der Waals surface area contributed by atoms with Gasteiger partial charge in [0.1, 0.15) is 6.17 Å². The lowest BCUT2D eigenvalue weighted by atomic mass is 9.90. The maximum absolute atomic E-state index is 13.8. The van der Waals surface area contributed by atoms with E-state index < -0.39 is 17.6 Å². The number of carbonyl (C=O) groups is 1. The second kappa shape index (κ2) is 7.74. The Morgan fingerprint density at radius 3 is 2.76 bits per heavy atom. The zero-order valence-electron chi connectivity index (χ0n) is 13.5.